The number of carbonyl (C=O) groups excluding carboxylic acids is 1. The van der Waals surface area contributed by atoms with Crippen molar-refractivity contribution < 1.29 is 14.7 Å². The summed E-state index contributed by atoms with van der Waals surface area (Å²) < 4.78 is 0. The lowest BCUT2D eigenvalue weighted by Crippen LogP contribution is -2.37. The molecule has 110 valence electrons. The molecule has 1 rings (SSSR count). The summed E-state index contributed by atoms with van der Waals surface area (Å²) in [6.07, 6.45) is 0.946. The maximum atomic E-state index is 12.0. The standard InChI is InChI=1S/C14H26N2O3/c1-9(2)4-11(5-13(17)18)7-16-14(19)12-8-15-6-10(12)3/h9-12,15H,4-8H2,1-3H3,(H,16,19)(H,17,18)/t10-,11-,12+/m0/s1. The zero-order valence-corrected chi connectivity index (χ0v) is 12.1. The Morgan fingerprint density at radius 2 is 2.05 bits per heavy atom. The van der Waals surface area contributed by atoms with Crippen molar-refractivity contribution in [3.63, 3.8) is 0 Å². The van der Waals surface area contributed by atoms with Crippen LogP contribution < -0.4 is 10.6 Å². The topological polar surface area (TPSA) is 78.4 Å². The van der Waals surface area contributed by atoms with E-state index in [0.29, 0.717) is 18.4 Å². The highest BCUT2D eigenvalue weighted by molar-refractivity contribution is 5.79. The second kappa shape index (κ2) is 7.48. The molecule has 3 atom stereocenters. The number of carboxylic acid groups (broad SMARTS) is 1. The van der Waals surface area contributed by atoms with E-state index in [9.17, 15) is 9.59 Å². The van der Waals surface area contributed by atoms with Gasteiger partial charge in [-0.3, -0.25) is 9.59 Å². The number of hydrogen-bond donors (Lipinski definition) is 3. The van der Waals surface area contributed by atoms with Gasteiger partial charge in [0.25, 0.3) is 0 Å². The van der Waals surface area contributed by atoms with Crippen molar-refractivity contribution in [1.82, 2.24) is 10.6 Å². The molecule has 0 aromatic carbocycles. The molecule has 0 aliphatic carbocycles. The predicted octanol–water partition coefficient (Wildman–Crippen LogP) is 1.10. The summed E-state index contributed by atoms with van der Waals surface area (Å²) >= 11 is 0. The molecule has 0 radical (unpaired) electrons. The second-order valence-corrected chi connectivity index (χ2v) is 6.08. The summed E-state index contributed by atoms with van der Waals surface area (Å²) in [6.45, 7) is 8.27. The molecule has 3 N–H and O–H groups in total. The van der Waals surface area contributed by atoms with Crippen molar-refractivity contribution >= 4 is 11.9 Å². The Labute approximate surface area is 115 Å². The lowest BCUT2D eigenvalue weighted by Gasteiger charge is -2.20. The molecule has 1 heterocycles. The van der Waals surface area contributed by atoms with Crippen molar-refractivity contribution in [3.05, 3.63) is 0 Å². The monoisotopic (exact) mass is 270 g/mol. The maximum absolute atomic E-state index is 12.0. The molecule has 0 saturated carbocycles. The van der Waals surface area contributed by atoms with Gasteiger partial charge in [-0.25, -0.2) is 0 Å². The summed E-state index contributed by atoms with van der Waals surface area (Å²) in [6, 6.07) is 0. The fourth-order valence-electron chi connectivity index (χ4n) is 2.69. The highest BCUT2D eigenvalue weighted by Gasteiger charge is 2.29. The van der Waals surface area contributed by atoms with Gasteiger partial charge in [0.1, 0.15) is 0 Å². The van der Waals surface area contributed by atoms with Crippen LogP contribution in [0.5, 0.6) is 0 Å². The number of carbonyl (C=O) groups is 2. The minimum Gasteiger partial charge on any atom is -0.481 e. The van der Waals surface area contributed by atoms with Crippen molar-refractivity contribution in [1.29, 1.82) is 0 Å². The van der Waals surface area contributed by atoms with E-state index < -0.39 is 5.97 Å². The van der Waals surface area contributed by atoms with Gasteiger partial charge in [0.05, 0.1) is 5.92 Å². The van der Waals surface area contributed by atoms with Crippen LogP contribution >= 0.6 is 0 Å². The summed E-state index contributed by atoms with van der Waals surface area (Å²) in [5, 5.41) is 15.0. The van der Waals surface area contributed by atoms with E-state index >= 15 is 0 Å². The summed E-state index contributed by atoms with van der Waals surface area (Å²) in [7, 11) is 0. The van der Waals surface area contributed by atoms with E-state index in [-0.39, 0.29) is 24.2 Å². The zero-order chi connectivity index (χ0) is 14.4. The van der Waals surface area contributed by atoms with Crippen LogP contribution in [0.1, 0.15) is 33.6 Å². The van der Waals surface area contributed by atoms with Gasteiger partial charge in [-0.2, -0.15) is 0 Å². The normalized spacial score (nSPS) is 24.4. The second-order valence-electron chi connectivity index (χ2n) is 6.08. The molecule has 0 bridgehead atoms. The number of amides is 1. The van der Waals surface area contributed by atoms with Gasteiger partial charge in [-0.1, -0.05) is 20.8 Å². The van der Waals surface area contributed by atoms with E-state index in [1.807, 2.05) is 0 Å². The smallest absolute Gasteiger partial charge is 0.303 e. The molecule has 1 aliphatic heterocycles. The number of nitrogens with one attached hydrogen (secondary N) is 2. The summed E-state index contributed by atoms with van der Waals surface area (Å²) in [5.41, 5.74) is 0. The van der Waals surface area contributed by atoms with Crippen molar-refractivity contribution in [2.45, 2.75) is 33.6 Å². The number of aliphatic carboxylic acids is 1. The molecule has 5 nitrogen and oxygen atoms in total. The van der Waals surface area contributed by atoms with Crippen LogP contribution in [0.3, 0.4) is 0 Å². The first-order chi connectivity index (χ1) is 8.90. The van der Waals surface area contributed by atoms with E-state index in [0.717, 1.165) is 19.5 Å². The summed E-state index contributed by atoms with van der Waals surface area (Å²) in [4.78, 5) is 22.9. The molecular weight excluding hydrogens is 244 g/mol. The molecule has 19 heavy (non-hydrogen) atoms. The Morgan fingerprint density at radius 1 is 1.37 bits per heavy atom. The quantitative estimate of drug-likeness (QED) is 0.647. The largest absolute Gasteiger partial charge is 0.481 e. The first-order valence-corrected chi connectivity index (χ1v) is 7.10. The number of carboxylic acids is 1. The van der Waals surface area contributed by atoms with E-state index in [1.165, 1.54) is 0 Å². The molecule has 5 heteroatoms. The van der Waals surface area contributed by atoms with E-state index in [1.54, 1.807) is 0 Å². The zero-order valence-electron chi connectivity index (χ0n) is 12.1. The number of rotatable bonds is 7. The van der Waals surface area contributed by atoms with E-state index in [4.69, 9.17) is 5.11 Å². The SMILES string of the molecule is CC(C)C[C@H](CNC(=O)[C@@H]1CNC[C@@H]1C)CC(=O)O. The van der Waals surface area contributed by atoms with Crippen LogP contribution in [-0.2, 0) is 9.59 Å². The Bertz CT molecular complexity index is 318. The first kappa shape index (κ1) is 16.0. The predicted molar refractivity (Wildman–Crippen MR) is 73.7 cm³/mol. The van der Waals surface area contributed by atoms with Crippen molar-refractivity contribution in [3.8, 4) is 0 Å². The molecule has 0 aromatic rings. The van der Waals surface area contributed by atoms with Gasteiger partial charge < -0.3 is 15.7 Å². The van der Waals surface area contributed by atoms with Gasteiger partial charge in [-0.15, -0.1) is 0 Å². The molecule has 1 saturated heterocycles. The van der Waals surface area contributed by atoms with E-state index in [2.05, 4.69) is 31.4 Å². The molecule has 1 aliphatic rings. The van der Waals surface area contributed by atoms with Crippen molar-refractivity contribution in [2.75, 3.05) is 19.6 Å². The minimum absolute atomic E-state index is 0.0181. The Balaban J connectivity index is 2.41. The third kappa shape index (κ3) is 5.59. The third-order valence-corrected chi connectivity index (χ3v) is 3.69. The lowest BCUT2D eigenvalue weighted by molar-refractivity contribution is -0.138. The molecule has 0 spiro atoms. The molecule has 0 unspecified atom stereocenters. The van der Waals surface area contributed by atoms with Gasteiger partial charge in [0.2, 0.25) is 5.91 Å². The van der Waals surface area contributed by atoms with Crippen LogP contribution in [0.15, 0.2) is 0 Å². The highest BCUT2D eigenvalue weighted by atomic mass is 16.4. The fourth-order valence-corrected chi connectivity index (χ4v) is 2.69. The molecule has 0 aromatic heterocycles. The average Bonchev–Trinajstić information content (AvgIpc) is 2.70. The Kier molecular flexibility index (Phi) is 6.28. The van der Waals surface area contributed by atoms with Gasteiger partial charge in [-0.05, 0) is 30.7 Å². The fraction of sp³-hybridized carbons (Fsp3) is 0.857. The molecule has 1 fully saturated rings. The molecule has 1 amide bonds. The van der Waals surface area contributed by atoms with Gasteiger partial charge in [0, 0.05) is 19.5 Å². The summed E-state index contributed by atoms with van der Waals surface area (Å²) in [5.74, 6) is 0.0828. The highest BCUT2D eigenvalue weighted by Crippen LogP contribution is 2.18. The van der Waals surface area contributed by atoms with Gasteiger partial charge in [0.15, 0.2) is 0 Å². The Hall–Kier alpha value is -1.10. The van der Waals surface area contributed by atoms with Crippen LogP contribution in [0, 0.1) is 23.7 Å². The first-order valence-electron chi connectivity index (χ1n) is 7.10. The van der Waals surface area contributed by atoms with Crippen LogP contribution in [0.4, 0.5) is 0 Å². The van der Waals surface area contributed by atoms with Crippen LogP contribution in [-0.4, -0.2) is 36.6 Å². The maximum Gasteiger partial charge on any atom is 0.303 e. The van der Waals surface area contributed by atoms with Crippen LogP contribution in [0.2, 0.25) is 0 Å². The lowest BCUT2D eigenvalue weighted by atomic mass is 9.93. The van der Waals surface area contributed by atoms with Gasteiger partial charge >= 0.3 is 5.97 Å². The number of hydrogen-bond acceptors (Lipinski definition) is 3. The third-order valence-electron chi connectivity index (χ3n) is 3.69. The van der Waals surface area contributed by atoms with Crippen LogP contribution in [0.25, 0.3) is 0 Å². The minimum atomic E-state index is -0.796. The Morgan fingerprint density at radius 3 is 2.53 bits per heavy atom. The molecular formula is C14H26N2O3. The average molecular weight is 270 g/mol. The van der Waals surface area contributed by atoms with Crippen molar-refractivity contribution in [2.24, 2.45) is 23.7 Å².